The number of thioether (sulfide) groups is 1. The number of nitrogens with one attached hydrogen (secondary N) is 5. The van der Waals surface area contributed by atoms with Crippen molar-refractivity contribution in [2.24, 2.45) is 17.6 Å². The molecule has 1 saturated heterocycles. The number of amides is 9. The van der Waals surface area contributed by atoms with E-state index < -0.39 is 42.1 Å². The van der Waals surface area contributed by atoms with E-state index in [2.05, 4.69) is 26.6 Å². The van der Waals surface area contributed by atoms with Crippen LogP contribution in [0, 0.1) is 11.8 Å². The van der Waals surface area contributed by atoms with Crippen molar-refractivity contribution in [1.29, 1.82) is 0 Å². The molecular weight excluding hydrogens is 733 g/mol. The van der Waals surface area contributed by atoms with Gasteiger partial charge in [-0.2, -0.15) is 11.8 Å². The van der Waals surface area contributed by atoms with E-state index in [1.54, 1.807) is 44.4 Å². The number of anilines is 1. The van der Waals surface area contributed by atoms with Crippen molar-refractivity contribution >= 4 is 65.0 Å². The molecule has 0 spiro atoms. The summed E-state index contributed by atoms with van der Waals surface area (Å²) >= 11 is 1.36. The van der Waals surface area contributed by atoms with Crippen molar-refractivity contribution in [2.75, 3.05) is 38.8 Å². The quantitative estimate of drug-likeness (QED) is 0.0739. The van der Waals surface area contributed by atoms with Gasteiger partial charge in [-0.1, -0.05) is 46.2 Å². The van der Waals surface area contributed by atoms with Crippen molar-refractivity contribution in [3.63, 3.8) is 0 Å². The molecule has 0 saturated carbocycles. The normalized spacial score (nSPS) is 15.6. The van der Waals surface area contributed by atoms with Crippen molar-refractivity contribution in [3.05, 3.63) is 29.8 Å². The van der Waals surface area contributed by atoms with E-state index in [4.69, 9.17) is 10.5 Å². The Labute approximate surface area is 327 Å². The minimum absolute atomic E-state index is 0.0802. The Morgan fingerprint density at radius 3 is 2.16 bits per heavy atom. The number of primary amides is 1. The number of benzene rings is 1. The number of likely N-dealkylation sites (N-methyl/N-ethyl adjacent to an activating group) is 2. The van der Waals surface area contributed by atoms with Crippen molar-refractivity contribution < 1.29 is 43.1 Å². The van der Waals surface area contributed by atoms with Gasteiger partial charge in [-0.05, 0) is 61.5 Å². The van der Waals surface area contributed by atoms with Gasteiger partial charge < -0.3 is 37.1 Å². The Balaban J connectivity index is 1.98. The van der Waals surface area contributed by atoms with Crippen molar-refractivity contribution in [3.8, 4) is 0 Å². The van der Waals surface area contributed by atoms with Crippen molar-refractivity contribution in [1.82, 2.24) is 31.1 Å². The molecular formula is C37H58N8O9S. The zero-order valence-electron chi connectivity index (χ0n) is 32.9. The number of nitrogens with two attached hydrogens (primary N) is 1. The average molecular weight is 791 g/mol. The Bertz CT molecular complexity index is 1510. The highest BCUT2D eigenvalue weighted by Crippen LogP contribution is 2.23. The summed E-state index contributed by atoms with van der Waals surface area (Å²) in [6.07, 6.45) is 3.59. The number of ether oxygens (including phenoxy) is 1. The third-order valence-electron chi connectivity index (χ3n) is 9.08. The number of hydrogen-bond acceptors (Lipinski definition) is 10. The van der Waals surface area contributed by atoms with Crippen LogP contribution in [0.1, 0.15) is 78.2 Å². The van der Waals surface area contributed by atoms with Crippen LogP contribution in [0.2, 0.25) is 0 Å². The molecule has 7 N–H and O–H groups in total. The van der Waals surface area contributed by atoms with Gasteiger partial charge in [0.25, 0.3) is 0 Å². The molecule has 0 radical (unpaired) electrons. The molecule has 55 heavy (non-hydrogen) atoms. The van der Waals surface area contributed by atoms with Gasteiger partial charge in [0, 0.05) is 45.7 Å². The smallest absolute Gasteiger partial charge is 0.410 e. The minimum Gasteiger partial charge on any atom is -0.445 e. The maximum absolute atomic E-state index is 13.5. The fourth-order valence-electron chi connectivity index (χ4n) is 5.98. The Kier molecular flexibility index (Phi) is 19.5. The number of hydrogen-bond donors (Lipinski definition) is 6. The van der Waals surface area contributed by atoms with Crippen LogP contribution < -0.4 is 32.3 Å². The van der Waals surface area contributed by atoms with Crippen LogP contribution in [0.5, 0.6) is 0 Å². The first kappa shape index (κ1) is 46.3. The number of carbonyl (C=O) groups excluding carboxylic acids is 8. The maximum Gasteiger partial charge on any atom is 0.410 e. The van der Waals surface area contributed by atoms with Crippen LogP contribution in [0.3, 0.4) is 0 Å². The van der Waals surface area contributed by atoms with Crippen LogP contribution in [0.15, 0.2) is 24.3 Å². The van der Waals surface area contributed by atoms with E-state index >= 15 is 0 Å². The van der Waals surface area contributed by atoms with Crippen molar-refractivity contribution in [2.45, 2.75) is 103 Å². The summed E-state index contributed by atoms with van der Waals surface area (Å²) in [6.45, 7) is 7.58. The number of likely N-dealkylation sites (tertiary alicyclic amines) is 1. The first-order valence-electron chi connectivity index (χ1n) is 18.5. The second-order valence-electron chi connectivity index (χ2n) is 14.1. The van der Waals surface area contributed by atoms with Crippen LogP contribution in [0.25, 0.3) is 0 Å². The number of nitrogens with zero attached hydrogens (tertiary/aromatic N) is 2. The van der Waals surface area contributed by atoms with E-state index in [-0.39, 0.29) is 73.1 Å². The van der Waals surface area contributed by atoms with Gasteiger partial charge in [-0.3, -0.25) is 38.6 Å². The molecule has 2 unspecified atom stereocenters. The number of rotatable bonds is 22. The summed E-state index contributed by atoms with van der Waals surface area (Å²) in [4.78, 5) is 103. The number of urea groups is 1. The fourth-order valence-corrected chi connectivity index (χ4v) is 6.62. The molecule has 1 aliphatic rings. The SMILES string of the molecule is CNC(=O)[C@H](C(C)C)N(C)C(=O)OCc1ccc(NC(=O)[C@H](CCCNC(N)=O)NC(=O)C(NC(=O)CCCCCN2C(=O)CC(SC)C2=O)C(C)C)cc1. The molecule has 9 amide bonds. The van der Waals surface area contributed by atoms with E-state index in [1.165, 1.54) is 35.7 Å². The van der Waals surface area contributed by atoms with Gasteiger partial charge in [-0.15, -0.1) is 0 Å². The average Bonchev–Trinajstić information content (AvgIpc) is 3.41. The highest BCUT2D eigenvalue weighted by Gasteiger charge is 2.37. The van der Waals surface area contributed by atoms with E-state index in [0.717, 1.165) is 0 Å². The van der Waals surface area contributed by atoms with Crippen LogP contribution in [0.4, 0.5) is 15.3 Å². The van der Waals surface area contributed by atoms with Gasteiger partial charge >= 0.3 is 12.1 Å². The van der Waals surface area contributed by atoms with Crippen LogP contribution >= 0.6 is 11.8 Å². The van der Waals surface area contributed by atoms with Crippen LogP contribution in [-0.4, -0.2) is 114 Å². The zero-order chi connectivity index (χ0) is 41.2. The highest BCUT2D eigenvalue weighted by molar-refractivity contribution is 8.00. The number of imide groups is 1. The van der Waals surface area contributed by atoms with Gasteiger partial charge in [0.2, 0.25) is 35.4 Å². The Hall–Kier alpha value is -4.87. The van der Waals surface area contributed by atoms with Gasteiger partial charge in [0.1, 0.15) is 24.7 Å². The molecule has 0 bridgehead atoms. The molecule has 0 aliphatic carbocycles. The largest absolute Gasteiger partial charge is 0.445 e. The summed E-state index contributed by atoms with van der Waals surface area (Å²) in [6, 6.07) is 3.12. The third kappa shape index (κ3) is 15.1. The van der Waals surface area contributed by atoms with Gasteiger partial charge in [0.05, 0.1) is 5.25 Å². The molecule has 1 aromatic rings. The zero-order valence-corrected chi connectivity index (χ0v) is 33.7. The lowest BCUT2D eigenvalue weighted by Gasteiger charge is -2.28. The molecule has 0 aromatic heterocycles. The predicted molar refractivity (Wildman–Crippen MR) is 208 cm³/mol. The molecule has 17 nitrogen and oxygen atoms in total. The lowest BCUT2D eigenvalue weighted by molar-refractivity contribution is -0.138. The minimum atomic E-state index is -1.03. The summed E-state index contributed by atoms with van der Waals surface area (Å²) in [5.74, 6) is -2.56. The molecule has 18 heteroatoms. The molecule has 2 rings (SSSR count). The van der Waals surface area contributed by atoms with Crippen LogP contribution in [-0.2, 0) is 40.1 Å². The highest BCUT2D eigenvalue weighted by atomic mass is 32.2. The second-order valence-corrected chi connectivity index (χ2v) is 15.1. The summed E-state index contributed by atoms with van der Waals surface area (Å²) in [7, 11) is 2.99. The Morgan fingerprint density at radius 2 is 1.60 bits per heavy atom. The molecule has 306 valence electrons. The van der Waals surface area contributed by atoms with Gasteiger partial charge in [0.15, 0.2) is 0 Å². The number of carbonyl (C=O) groups is 8. The topological polar surface area (TPSA) is 238 Å². The monoisotopic (exact) mass is 790 g/mol. The van der Waals surface area contributed by atoms with E-state index in [9.17, 15) is 38.4 Å². The van der Waals surface area contributed by atoms with Gasteiger partial charge in [-0.25, -0.2) is 9.59 Å². The second kappa shape index (κ2) is 23.1. The third-order valence-corrected chi connectivity index (χ3v) is 10.0. The number of unbranched alkanes of at least 4 members (excludes halogenated alkanes) is 2. The summed E-state index contributed by atoms with van der Waals surface area (Å²) in [5, 5.41) is 13.0. The lowest BCUT2D eigenvalue weighted by Crippen LogP contribution is -2.54. The first-order chi connectivity index (χ1) is 26.0. The molecule has 1 aliphatic heterocycles. The molecule has 1 fully saturated rings. The maximum atomic E-state index is 13.5. The Morgan fingerprint density at radius 1 is 0.927 bits per heavy atom. The molecule has 1 aromatic carbocycles. The lowest BCUT2D eigenvalue weighted by atomic mass is 10.0. The standard InChI is InChI=1S/C37H58N8O9S/c1-22(2)30(43-28(46)13-9-8-10-19-45-29(47)20-27(55-7)35(45)51)33(49)42-26(12-11-18-40-36(38)52)32(48)41-25-16-14-24(15-17-25)21-54-37(53)44(6)31(23(3)4)34(50)39-5/h14-17,22-23,26-27,30-31H,8-13,18-21H2,1-7H3,(H,39,50)(H,41,48)(H,42,49)(H,43,46)(H3,38,40,52)/t26-,27?,30?,31-/m0/s1. The van der Waals surface area contributed by atoms with E-state index in [0.29, 0.717) is 43.5 Å². The molecule has 4 atom stereocenters. The fraction of sp³-hybridized carbons (Fsp3) is 0.622. The predicted octanol–water partition coefficient (Wildman–Crippen LogP) is 2.09. The summed E-state index contributed by atoms with van der Waals surface area (Å²) in [5.41, 5.74) is 6.19. The first-order valence-corrected chi connectivity index (χ1v) is 19.8. The van der Waals surface area contributed by atoms with E-state index in [1.807, 2.05) is 13.8 Å². The molecule has 1 heterocycles. The summed E-state index contributed by atoms with van der Waals surface area (Å²) < 4.78 is 5.40.